The minimum absolute atomic E-state index is 0.927. The van der Waals surface area contributed by atoms with Crippen LogP contribution in [0.4, 0.5) is 0 Å². The van der Waals surface area contributed by atoms with Crippen molar-refractivity contribution in [1.82, 2.24) is 4.98 Å². The van der Waals surface area contributed by atoms with Crippen LogP contribution in [0.5, 0.6) is 0 Å². The molecule has 0 spiro atoms. The summed E-state index contributed by atoms with van der Waals surface area (Å²) in [4.78, 5) is 4.42. The number of rotatable bonds is 1. The van der Waals surface area contributed by atoms with E-state index in [1.54, 1.807) is 11.3 Å². The summed E-state index contributed by atoms with van der Waals surface area (Å²) in [7, 11) is 0. The minimum atomic E-state index is 0.927. The Morgan fingerprint density at radius 1 is 1.00 bits per heavy atom. The predicted octanol–water partition coefficient (Wildman–Crippen LogP) is 4.73. The van der Waals surface area contributed by atoms with Crippen molar-refractivity contribution in [1.29, 1.82) is 0 Å². The highest BCUT2D eigenvalue weighted by Crippen LogP contribution is 2.27. The van der Waals surface area contributed by atoms with Gasteiger partial charge in [0.25, 0.3) is 0 Å². The third-order valence-corrected chi connectivity index (χ3v) is 3.89. The molecule has 0 unspecified atom stereocenters. The van der Waals surface area contributed by atoms with Crippen LogP contribution in [-0.4, -0.2) is 4.98 Å². The molecule has 78 valence electrons. The third kappa shape index (κ3) is 1.77. The minimum Gasteiger partial charge on any atom is -0.229 e. The van der Waals surface area contributed by atoms with Crippen LogP contribution in [-0.2, 0) is 0 Å². The maximum Gasteiger partial charge on any atom is 0.159 e. The van der Waals surface area contributed by atoms with E-state index in [4.69, 9.17) is 0 Å². The Labute approximate surface area is 106 Å². The number of aromatic nitrogens is 1. The van der Waals surface area contributed by atoms with Crippen LogP contribution < -0.4 is 0 Å². The number of thiazole rings is 1. The third-order valence-electron chi connectivity index (χ3n) is 2.52. The molecule has 0 amide bonds. The highest BCUT2D eigenvalue weighted by atomic mass is 79.9. The Hall–Kier alpha value is -1.19. The standard InChI is InChI=1S/C13H8BrNS/c14-13-15-12(8-16-13)11-6-5-9-3-1-2-4-10(9)7-11/h1-8H. The van der Waals surface area contributed by atoms with Crippen molar-refractivity contribution in [2.75, 3.05) is 0 Å². The lowest BCUT2D eigenvalue weighted by Gasteiger charge is -2.00. The normalized spacial score (nSPS) is 10.8. The van der Waals surface area contributed by atoms with Crippen LogP contribution in [0.25, 0.3) is 22.0 Å². The molecule has 0 saturated heterocycles. The zero-order valence-electron chi connectivity index (χ0n) is 8.35. The second kappa shape index (κ2) is 4.00. The number of nitrogens with zero attached hydrogens (tertiary/aromatic N) is 1. The average molecular weight is 290 g/mol. The molecular weight excluding hydrogens is 282 g/mol. The average Bonchev–Trinajstić information content (AvgIpc) is 2.75. The molecule has 3 aromatic rings. The van der Waals surface area contributed by atoms with Crippen LogP contribution in [0.1, 0.15) is 0 Å². The van der Waals surface area contributed by atoms with Gasteiger partial charge < -0.3 is 0 Å². The first-order chi connectivity index (χ1) is 7.83. The summed E-state index contributed by atoms with van der Waals surface area (Å²) in [5.41, 5.74) is 2.20. The first kappa shape index (κ1) is 10.00. The van der Waals surface area contributed by atoms with E-state index in [1.807, 2.05) is 0 Å². The summed E-state index contributed by atoms with van der Waals surface area (Å²) < 4.78 is 0.927. The van der Waals surface area contributed by atoms with Gasteiger partial charge in [-0.05, 0) is 32.8 Å². The fraction of sp³-hybridized carbons (Fsp3) is 0. The number of benzene rings is 2. The van der Waals surface area contributed by atoms with Crippen molar-refractivity contribution < 1.29 is 0 Å². The number of hydrogen-bond acceptors (Lipinski definition) is 2. The molecule has 0 bridgehead atoms. The molecule has 0 atom stereocenters. The number of halogens is 1. The molecule has 3 rings (SSSR count). The van der Waals surface area contributed by atoms with E-state index < -0.39 is 0 Å². The maximum absolute atomic E-state index is 4.42. The van der Waals surface area contributed by atoms with E-state index in [0.717, 1.165) is 9.61 Å². The van der Waals surface area contributed by atoms with Crippen molar-refractivity contribution in [3.63, 3.8) is 0 Å². The quantitative estimate of drug-likeness (QED) is 0.631. The molecule has 0 radical (unpaired) electrons. The van der Waals surface area contributed by atoms with Gasteiger partial charge in [-0.2, -0.15) is 0 Å². The second-order valence-corrected chi connectivity index (χ2v) is 5.68. The van der Waals surface area contributed by atoms with Gasteiger partial charge in [0.15, 0.2) is 3.92 Å². The first-order valence-electron chi connectivity index (χ1n) is 4.93. The smallest absolute Gasteiger partial charge is 0.159 e. The summed E-state index contributed by atoms with van der Waals surface area (Å²) >= 11 is 5.00. The van der Waals surface area contributed by atoms with Gasteiger partial charge in [0.2, 0.25) is 0 Å². The molecule has 0 saturated carbocycles. The summed E-state index contributed by atoms with van der Waals surface area (Å²) in [6, 6.07) is 14.8. The molecule has 1 aromatic heterocycles. The van der Waals surface area contributed by atoms with Gasteiger partial charge in [-0.15, -0.1) is 11.3 Å². The van der Waals surface area contributed by atoms with Crippen LogP contribution >= 0.6 is 27.3 Å². The summed E-state index contributed by atoms with van der Waals surface area (Å²) in [6.45, 7) is 0. The zero-order valence-corrected chi connectivity index (χ0v) is 10.8. The van der Waals surface area contributed by atoms with Gasteiger partial charge >= 0.3 is 0 Å². The van der Waals surface area contributed by atoms with E-state index in [0.29, 0.717) is 0 Å². The van der Waals surface area contributed by atoms with Gasteiger partial charge in [-0.25, -0.2) is 4.98 Å². The van der Waals surface area contributed by atoms with Gasteiger partial charge in [0.1, 0.15) is 0 Å². The van der Waals surface area contributed by atoms with Crippen LogP contribution in [0, 0.1) is 0 Å². The van der Waals surface area contributed by atoms with E-state index in [1.165, 1.54) is 16.3 Å². The molecule has 1 heterocycles. The van der Waals surface area contributed by atoms with Gasteiger partial charge in [-0.1, -0.05) is 36.4 Å². The molecule has 2 aromatic carbocycles. The fourth-order valence-electron chi connectivity index (χ4n) is 1.73. The lowest BCUT2D eigenvalue weighted by Crippen LogP contribution is -1.78. The Morgan fingerprint density at radius 3 is 2.56 bits per heavy atom. The van der Waals surface area contributed by atoms with Crippen molar-refractivity contribution in [2.45, 2.75) is 0 Å². The molecule has 0 aliphatic rings. The Balaban J connectivity index is 2.18. The van der Waals surface area contributed by atoms with E-state index in [2.05, 4.69) is 68.8 Å². The molecule has 1 nitrogen and oxygen atoms in total. The number of hydrogen-bond donors (Lipinski definition) is 0. The molecular formula is C13H8BrNS. The lowest BCUT2D eigenvalue weighted by molar-refractivity contribution is 1.38. The molecule has 3 heteroatoms. The summed E-state index contributed by atoms with van der Waals surface area (Å²) in [5, 5.41) is 4.58. The van der Waals surface area contributed by atoms with Crippen LogP contribution in [0.3, 0.4) is 0 Å². The van der Waals surface area contributed by atoms with E-state index >= 15 is 0 Å². The Bertz CT molecular complexity index is 645. The van der Waals surface area contributed by atoms with Crippen molar-refractivity contribution in [2.24, 2.45) is 0 Å². The molecule has 0 aliphatic heterocycles. The number of fused-ring (bicyclic) bond motifs is 1. The SMILES string of the molecule is Brc1nc(-c2ccc3ccccc3c2)cs1. The predicted molar refractivity (Wildman–Crippen MR) is 72.8 cm³/mol. The Morgan fingerprint density at radius 2 is 1.81 bits per heavy atom. The Kier molecular flexibility index (Phi) is 2.50. The van der Waals surface area contributed by atoms with Gasteiger partial charge in [-0.3, -0.25) is 0 Å². The van der Waals surface area contributed by atoms with E-state index in [-0.39, 0.29) is 0 Å². The fourth-order valence-corrected chi connectivity index (χ4v) is 2.75. The molecule has 0 N–H and O–H groups in total. The molecule has 16 heavy (non-hydrogen) atoms. The monoisotopic (exact) mass is 289 g/mol. The van der Waals surface area contributed by atoms with E-state index in [9.17, 15) is 0 Å². The maximum atomic E-state index is 4.42. The van der Waals surface area contributed by atoms with Crippen LogP contribution in [0.2, 0.25) is 0 Å². The van der Waals surface area contributed by atoms with Crippen molar-refractivity contribution >= 4 is 38.0 Å². The van der Waals surface area contributed by atoms with Crippen molar-refractivity contribution in [3.05, 3.63) is 51.8 Å². The largest absolute Gasteiger partial charge is 0.229 e. The van der Waals surface area contributed by atoms with Crippen molar-refractivity contribution in [3.8, 4) is 11.3 Å². The second-order valence-electron chi connectivity index (χ2n) is 3.55. The summed E-state index contributed by atoms with van der Waals surface area (Å²) in [5.74, 6) is 0. The zero-order chi connectivity index (χ0) is 11.0. The molecule has 0 aliphatic carbocycles. The topological polar surface area (TPSA) is 12.9 Å². The van der Waals surface area contributed by atoms with Gasteiger partial charge in [0, 0.05) is 10.9 Å². The first-order valence-corrected chi connectivity index (χ1v) is 6.60. The van der Waals surface area contributed by atoms with Gasteiger partial charge in [0.05, 0.1) is 5.69 Å². The summed E-state index contributed by atoms with van der Waals surface area (Å²) in [6.07, 6.45) is 0. The highest BCUT2D eigenvalue weighted by Gasteiger charge is 2.03. The highest BCUT2D eigenvalue weighted by molar-refractivity contribution is 9.11. The van der Waals surface area contributed by atoms with Crippen LogP contribution in [0.15, 0.2) is 51.8 Å². The lowest BCUT2D eigenvalue weighted by atomic mass is 10.1. The molecule has 0 fully saturated rings.